The van der Waals surface area contributed by atoms with Gasteiger partial charge in [0.15, 0.2) is 11.6 Å². The molecule has 0 aliphatic heterocycles. The molecule has 0 bridgehead atoms. The van der Waals surface area contributed by atoms with E-state index >= 15 is 0 Å². The Bertz CT molecular complexity index is 553. The number of hydrogen-bond donors (Lipinski definition) is 2. The van der Waals surface area contributed by atoms with E-state index in [2.05, 4.69) is 15.5 Å². The van der Waals surface area contributed by atoms with Crippen LogP contribution in [0.3, 0.4) is 0 Å². The van der Waals surface area contributed by atoms with Crippen molar-refractivity contribution in [1.82, 2.24) is 15.5 Å². The average Bonchev–Trinajstić information content (AvgIpc) is 3.38. The molecule has 2 amide bonds. The summed E-state index contributed by atoms with van der Waals surface area (Å²) in [6, 6.07) is 3.49. The lowest BCUT2D eigenvalue weighted by molar-refractivity contribution is 0.144. The molecule has 1 fully saturated rings. The molecule has 0 aromatic heterocycles. The molecule has 2 N–H and O–H groups in total. The quantitative estimate of drug-likeness (QED) is 0.725. The lowest BCUT2D eigenvalue weighted by Crippen LogP contribution is -2.42. The van der Waals surface area contributed by atoms with Crippen LogP contribution in [0.4, 0.5) is 13.6 Å². The number of nitrogens with zero attached hydrogens (tertiary/aromatic N) is 1. The smallest absolute Gasteiger partial charge is 0.315 e. The van der Waals surface area contributed by atoms with Crippen molar-refractivity contribution in [2.24, 2.45) is 0 Å². The predicted octanol–water partition coefficient (Wildman–Crippen LogP) is 2.44. The number of carbonyl (C=O) groups excluding carboxylic acids is 1. The number of nitrogens with one attached hydrogen (secondary N) is 2. The van der Waals surface area contributed by atoms with E-state index in [9.17, 15) is 13.6 Å². The number of hydrogen-bond acceptors (Lipinski definition) is 3. The molecule has 24 heavy (non-hydrogen) atoms. The molecule has 0 spiro atoms. The Morgan fingerprint density at radius 3 is 2.71 bits per heavy atom. The summed E-state index contributed by atoms with van der Waals surface area (Å²) >= 11 is 0. The fourth-order valence-electron chi connectivity index (χ4n) is 2.55. The van der Waals surface area contributed by atoms with E-state index in [4.69, 9.17) is 4.74 Å². The van der Waals surface area contributed by atoms with E-state index in [1.807, 2.05) is 0 Å². The SMILES string of the molecule is COCCN(CCNC(=O)NC(C)c1ccc(F)c(F)c1)C1CC1. The topological polar surface area (TPSA) is 53.6 Å². The molecule has 1 saturated carbocycles. The second kappa shape index (κ2) is 8.94. The summed E-state index contributed by atoms with van der Waals surface area (Å²) in [4.78, 5) is 14.2. The summed E-state index contributed by atoms with van der Waals surface area (Å²) < 4.78 is 31.3. The zero-order valence-corrected chi connectivity index (χ0v) is 14.1. The van der Waals surface area contributed by atoms with E-state index in [1.165, 1.54) is 18.9 Å². The Balaban J connectivity index is 1.72. The predicted molar refractivity (Wildman–Crippen MR) is 87.8 cm³/mol. The molecule has 0 radical (unpaired) electrons. The van der Waals surface area contributed by atoms with Crippen molar-refractivity contribution < 1.29 is 18.3 Å². The van der Waals surface area contributed by atoms with Crippen LogP contribution in [0.2, 0.25) is 0 Å². The largest absolute Gasteiger partial charge is 0.383 e. The molecule has 1 aliphatic rings. The normalized spacial score (nSPS) is 15.4. The first kappa shape index (κ1) is 18.6. The molecule has 5 nitrogen and oxygen atoms in total. The highest BCUT2D eigenvalue weighted by atomic mass is 19.2. The van der Waals surface area contributed by atoms with Gasteiger partial charge in [0.1, 0.15) is 0 Å². The van der Waals surface area contributed by atoms with Gasteiger partial charge in [0.05, 0.1) is 12.6 Å². The van der Waals surface area contributed by atoms with Gasteiger partial charge in [-0.1, -0.05) is 6.07 Å². The standard InChI is InChI=1S/C17H25F2N3O2/c1-12(13-3-6-15(18)16(19)11-13)21-17(23)20-7-8-22(9-10-24-2)14-4-5-14/h3,6,11-12,14H,4-5,7-10H2,1-2H3,(H2,20,21,23). The third kappa shape index (κ3) is 5.72. The van der Waals surface area contributed by atoms with Crippen molar-refractivity contribution in [1.29, 1.82) is 0 Å². The fraction of sp³-hybridized carbons (Fsp3) is 0.588. The molecular weight excluding hydrogens is 316 g/mol. The van der Waals surface area contributed by atoms with E-state index in [0.29, 0.717) is 24.8 Å². The van der Waals surface area contributed by atoms with Crippen molar-refractivity contribution in [3.8, 4) is 0 Å². The number of halogens is 2. The molecule has 134 valence electrons. The highest BCUT2D eigenvalue weighted by Crippen LogP contribution is 2.26. The van der Waals surface area contributed by atoms with Gasteiger partial charge in [-0.05, 0) is 37.5 Å². The Morgan fingerprint density at radius 1 is 1.33 bits per heavy atom. The molecule has 0 heterocycles. The minimum Gasteiger partial charge on any atom is -0.383 e. The Hall–Kier alpha value is -1.73. The van der Waals surface area contributed by atoms with E-state index in [0.717, 1.165) is 25.2 Å². The molecule has 1 aliphatic carbocycles. The van der Waals surface area contributed by atoms with Crippen LogP contribution in [0.15, 0.2) is 18.2 Å². The second-order valence-electron chi connectivity index (χ2n) is 6.06. The third-order valence-corrected chi connectivity index (χ3v) is 4.12. The molecule has 2 rings (SSSR count). The Labute approximate surface area is 141 Å². The first-order chi connectivity index (χ1) is 11.5. The molecule has 7 heteroatoms. The van der Waals surface area contributed by atoms with Gasteiger partial charge in [0.2, 0.25) is 0 Å². The monoisotopic (exact) mass is 341 g/mol. The van der Waals surface area contributed by atoms with Crippen molar-refractivity contribution in [2.45, 2.75) is 31.8 Å². The van der Waals surface area contributed by atoms with Crippen LogP contribution in [0, 0.1) is 11.6 Å². The summed E-state index contributed by atoms with van der Waals surface area (Å²) in [5, 5.41) is 5.52. The number of methoxy groups -OCH3 is 1. The third-order valence-electron chi connectivity index (χ3n) is 4.12. The van der Waals surface area contributed by atoms with Crippen LogP contribution < -0.4 is 10.6 Å². The molecule has 1 aromatic carbocycles. The molecule has 0 saturated heterocycles. The first-order valence-electron chi connectivity index (χ1n) is 8.23. The molecular formula is C17H25F2N3O2. The van der Waals surface area contributed by atoms with Gasteiger partial charge in [-0.15, -0.1) is 0 Å². The maximum absolute atomic E-state index is 13.2. The Morgan fingerprint density at radius 2 is 2.08 bits per heavy atom. The maximum Gasteiger partial charge on any atom is 0.315 e. The summed E-state index contributed by atoms with van der Waals surface area (Å²) in [5.41, 5.74) is 0.517. The summed E-state index contributed by atoms with van der Waals surface area (Å²) in [6.45, 7) is 4.55. The van der Waals surface area contributed by atoms with Crippen LogP contribution in [-0.2, 0) is 4.74 Å². The number of carbonyl (C=O) groups is 1. The highest BCUT2D eigenvalue weighted by Gasteiger charge is 2.28. The number of urea groups is 1. The van der Waals surface area contributed by atoms with E-state index in [-0.39, 0.29) is 6.03 Å². The van der Waals surface area contributed by atoms with Gasteiger partial charge >= 0.3 is 6.03 Å². The van der Waals surface area contributed by atoms with Crippen LogP contribution in [0.1, 0.15) is 31.4 Å². The number of ether oxygens (including phenoxy) is 1. The lowest BCUT2D eigenvalue weighted by atomic mass is 10.1. The summed E-state index contributed by atoms with van der Waals surface area (Å²) in [7, 11) is 1.68. The number of benzene rings is 1. The van der Waals surface area contributed by atoms with Gasteiger partial charge in [-0.25, -0.2) is 13.6 Å². The van der Waals surface area contributed by atoms with Gasteiger partial charge in [0.25, 0.3) is 0 Å². The Kier molecular flexibility index (Phi) is 6.93. The molecule has 1 atom stereocenters. The van der Waals surface area contributed by atoms with Crippen LogP contribution in [0.5, 0.6) is 0 Å². The number of amides is 2. The van der Waals surface area contributed by atoms with Gasteiger partial charge in [-0.2, -0.15) is 0 Å². The molecule has 1 unspecified atom stereocenters. The van der Waals surface area contributed by atoms with Crippen molar-refractivity contribution in [2.75, 3.05) is 33.4 Å². The lowest BCUT2D eigenvalue weighted by Gasteiger charge is -2.22. The highest BCUT2D eigenvalue weighted by molar-refractivity contribution is 5.74. The summed E-state index contributed by atoms with van der Waals surface area (Å²) in [6.07, 6.45) is 2.39. The zero-order chi connectivity index (χ0) is 17.5. The van der Waals surface area contributed by atoms with Crippen LogP contribution in [-0.4, -0.2) is 50.3 Å². The van der Waals surface area contributed by atoms with Gasteiger partial charge < -0.3 is 15.4 Å². The number of rotatable bonds is 9. The maximum atomic E-state index is 13.2. The van der Waals surface area contributed by atoms with Gasteiger partial charge in [-0.3, -0.25) is 4.90 Å². The van der Waals surface area contributed by atoms with Crippen LogP contribution in [0.25, 0.3) is 0 Å². The zero-order valence-electron chi connectivity index (χ0n) is 14.1. The minimum absolute atomic E-state index is 0.324. The van der Waals surface area contributed by atoms with E-state index < -0.39 is 17.7 Å². The summed E-state index contributed by atoms with van der Waals surface area (Å²) in [5.74, 6) is -1.81. The van der Waals surface area contributed by atoms with Crippen molar-refractivity contribution >= 4 is 6.03 Å². The fourth-order valence-corrected chi connectivity index (χ4v) is 2.55. The van der Waals surface area contributed by atoms with E-state index in [1.54, 1.807) is 14.0 Å². The van der Waals surface area contributed by atoms with Crippen LogP contribution >= 0.6 is 0 Å². The minimum atomic E-state index is -0.917. The van der Waals surface area contributed by atoms with Crippen molar-refractivity contribution in [3.63, 3.8) is 0 Å². The second-order valence-corrected chi connectivity index (χ2v) is 6.06. The molecule has 1 aromatic rings. The average molecular weight is 341 g/mol. The van der Waals surface area contributed by atoms with Gasteiger partial charge in [0, 0.05) is 32.8 Å². The first-order valence-corrected chi connectivity index (χ1v) is 8.23. The van der Waals surface area contributed by atoms with Crippen molar-refractivity contribution in [3.05, 3.63) is 35.4 Å².